The van der Waals surface area contributed by atoms with Gasteiger partial charge in [-0.1, -0.05) is 18.7 Å². The highest BCUT2D eigenvalue weighted by atomic mass is 32.2. The lowest BCUT2D eigenvalue weighted by molar-refractivity contribution is -0.138. The van der Waals surface area contributed by atoms with Gasteiger partial charge in [-0.25, -0.2) is 9.79 Å². The number of nitrogens with zero attached hydrogens (tertiary/aromatic N) is 1. The van der Waals surface area contributed by atoms with E-state index in [0.717, 1.165) is 11.8 Å². The summed E-state index contributed by atoms with van der Waals surface area (Å²) in [6.07, 6.45) is 3.27. The van der Waals surface area contributed by atoms with E-state index in [0.29, 0.717) is 10.7 Å². The summed E-state index contributed by atoms with van der Waals surface area (Å²) >= 11 is 1.03. The molecule has 1 aliphatic heterocycles. The van der Waals surface area contributed by atoms with Crippen molar-refractivity contribution in [3.05, 3.63) is 40.4 Å². The number of hydrogen-bond acceptors (Lipinski definition) is 6. The van der Waals surface area contributed by atoms with Crippen molar-refractivity contribution in [3.63, 3.8) is 0 Å². The molecule has 1 aromatic rings. The van der Waals surface area contributed by atoms with Crippen molar-refractivity contribution in [1.82, 2.24) is 0 Å². The molecule has 6 nitrogen and oxygen atoms in total. The van der Waals surface area contributed by atoms with E-state index >= 15 is 0 Å². The van der Waals surface area contributed by atoms with Crippen LogP contribution in [0.2, 0.25) is 0 Å². The van der Waals surface area contributed by atoms with Crippen LogP contribution in [0.5, 0.6) is 0 Å². The lowest BCUT2D eigenvalue weighted by Gasteiger charge is -2.02. The molecule has 7 heteroatoms. The quantitative estimate of drug-likeness (QED) is 0.857. The van der Waals surface area contributed by atoms with Gasteiger partial charge in [-0.2, -0.15) is 0 Å². The second-order valence-corrected chi connectivity index (χ2v) is 5.27. The highest BCUT2D eigenvalue weighted by Crippen LogP contribution is 2.39. The molecule has 0 fully saturated rings. The summed E-state index contributed by atoms with van der Waals surface area (Å²) in [6.45, 7) is 3.48. The first-order valence-electron chi connectivity index (χ1n) is 6.72. The first-order chi connectivity index (χ1) is 10.6. The standard InChI is InChI=1S/C15H15NO5S/c1-3-11(17)16-14-12(15(19)20-4-2)13(18)10(22-14)8-9-6-5-7-21-9/h5-8,18H,3-4H2,1-2H3/b10-8-,16-14?. The molecule has 0 unspecified atom stereocenters. The predicted molar refractivity (Wildman–Crippen MR) is 83.3 cm³/mol. The monoisotopic (exact) mass is 321 g/mol. The van der Waals surface area contributed by atoms with Crippen molar-refractivity contribution >= 4 is 34.8 Å². The topological polar surface area (TPSA) is 89.1 Å². The molecule has 116 valence electrons. The highest BCUT2D eigenvalue weighted by molar-refractivity contribution is 8.18. The number of carbonyl (C=O) groups excluding carboxylic acids is 2. The van der Waals surface area contributed by atoms with Gasteiger partial charge >= 0.3 is 5.97 Å². The van der Waals surface area contributed by atoms with Gasteiger partial charge in [0.1, 0.15) is 22.1 Å². The van der Waals surface area contributed by atoms with E-state index in [1.165, 1.54) is 6.26 Å². The second-order valence-electron chi connectivity index (χ2n) is 4.23. The van der Waals surface area contributed by atoms with Gasteiger partial charge in [-0.3, -0.25) is 4.79 Å². The second kappa shape index (κ2) is 7.13. The number of thioether (sulfide) groups is 1. The van der Waals surface area contributed by atoms with Crippen LogP contribution < -0.4 is 0 Å². The molecule has 2 rings (SSSR count). The number of aliphatic imine (C=N–C) groups is 1. The smallest absolute Gasteiger partial charge is 0.344 e. The van der Waals surface area contributed by atoms with Crippen molar-refractivity contribution in [2.75, 3.05) is 6.61 Å². The first kappa shape index (κ1) is 16.1. The number of furan rings is 1. The fraction of sp³-hybridized carbons (Fsp3) is 0.267. The Bertz CT molecular complexity index is 670. The van der Waals surface area contributed by atoms with Crippen LogP contribution in [0.4, 0.5) is 0 Å². The number of ether oxygens (including phenoxy) is 1. The Morgan fingerprint density at radius 2 is 2.23 bits per heavy atom. The summed E-state index contributed by atoms with van der Waals surface area (Å²) in [4.78, 5) is 27.8. The normalized spacial score (nSPS) is 18.3. The summed E-state index contributed by atoms with van der Waals surface area (Å²) in [5.74, 6) is -0.836. The lowest BCUT2D eigenvalue weighted by atomic mass is 10.2. The van der Waals surface area contributed by atoms with Gasteiger partial charge in [-0.05, 0) is 25.1 Å². The largest absolute Gasteiger partial charge is 0.506 e. The number of aliphatic hydroxyl groups excluding tert-OH is 1. The van der Waals surface area contributed by atoms with E-state index in [1.54, 1.807) is 32.1 Å². The molecule has 1 N–H and O–H groups in total. The van der Waals surface area contributed by atoms with Crippen LogP contribution in [-0.4, -0.2) is 28.6 Å². The van der Waals surface area contributed by atoms with Gasteiger partial charge in [0.25, 0.3) is 0 Å². The highest BCUT2D eigenvalue weighted by Gasteiger charge is 2.33. The molecule has 0 bridgehead atoms. The molecule has 22 heavy (non-hydrogen) atoms. The molecule has 0 atom stereocenters. The van der Waals surface area contributed by atoms with Crippen LogP contribution in [0.25, 0.3) is 6.08 Å². The Balaban J connectivity index is 2.43. The van der Waals surface area contributed by atoms with Crippen molar-refractivity contribution in [1.29, 1.82) is 0 Å². The molecule has 1 aliphatic rings. The first-order valence-corrected chi connectivity index (χ1v) is 7.54. The average Bonchev–Trinajstić information content (AvgIpc) is 3.09. The predicted octanol–water partition coefficient (Wildman–Crippen LogP) is 3.08. The molecule has 0 radical (unpaired) electrons. The molecule has 0 saturated heterocycles. The Kier molecular flexibility index (Phi) is 5.21. The molecule has 1 aromatic heterocycles. The Morgan fingerprint density at radius 3 is 2.82 bits per heavy atom. The van der Waals surface area contributed by atoms with E-state index in [9.17, 15) is 14.7 Å². The Hall–Kier alpha value is -2.28. The van der Waals surface area contributed by atoms with Crippen molar-refractivity contribution in [2.45, 2.75) is 20.3 Å². The van der Waals surface area contributed by atoms with Gasteiger partial charge in [0.15, 0.2) is 0 Å². The van der Waals surface area contributed by atoms with E-state index in [4.69, 9.17) is 9.15 Å². The van der Waals surface area contributed by atoms with Gasteiger partial charge in [-0.15, -0.1) is 0 Å². The number of amides is 1. The number of hydrogen-bond donors (Lipinski definition) is 1. The summed E-state index contributed by atoms with van der Waals surface area (Å²) < 4.78 is 10.1. The minimum Gasteiger partial charge on any atom is -0.506 e. The molecule has 0 saturated carbocycles. The summed E-state index contributed by atoms with van der Waals surface area (Å²) in [6, 6.07) is 3.41. The van der Waals surface area contributed by atoms with Crippen LogP contribution >= 0.6 is 11.8 Å². The van der Waals surface area contributed by atoms with Crippen LogP contribution in [0.15, 0.2) is 44.0 Å². The molecular formula is C15H15NO5S. The van der Waals surface area contributed by atoms with Gasteiger partial charge in [0.05, 0.1) is 17.8 Å². The molecule has 1 amide bonds. The van der Waals surface area contributed by atoms with Crippen LogP contribution in [0.1, 0.15) is 26.0 Å². The summed E-state index contributed by atoms with van der Waals surface area (Å²) in [5, 5.41) is 10.4. The van der Waals surface area contributed by atoms with E-state index < -0.39 is 5.97 Å². The van der Waals surface area contributed by atoms with Crippen molar-refractivity contribution in [3.8, 4) is 0 Å². The zero-order valence-electron chi connectivity index (χ0n) is 12.2. The zero-order chi connectivity index (χ0) is 16.1. The molecule has 0 aromatic carbocycles. The van der Waals surface area contributed by atoms with E-state index in [2.05, 4.69) is 4.99 Å². The molecule has 2 heterocycles. The summed E-state index contributed by atoms with van der Waals surface area (Å²) in [7, 11) is 0. The Labute approximate surface area is 131 Å². The molecule has 0 aliphatic carbocycles. The maximum absolute atomic E-state index is 12.0. The zero-order valence-corrected chi connectivity index (χ0v) is 13.0. The molecular weight excluding hydrogens is 306 g/mol. The fourth-order valence-electron chi connectivity index (χ4n) is 1.69. The van der Waals surface area contributed by atoms with Crippen molar-refractivity contribution in [2.24, 2.45) is 4.99 Å². The van der Waals surface area contributed by atoms with Gasteiger partial charge in [0, 0.05) is 6.42 Å². The fourth-order valence-corrected chi connectivity index (χ4v) is 2.70. The third kappa shape index (κ3) is 3.48. The third-order valence-corrected chi connectivity index (χ3v) is 3.74. The third-order valence-electron chi connectivity index (χ3n) is 2.72. The number of carbonyl (C=O) groups is 2. The SMILES string of the molecule is CCOC(=O)C1=C(O)/C(=C/c2ccco2)SC1=NC(=O)CC. The Morgan fingerprint density at radius 1 is 1.45 bits per heavy atom. The van der Waals surface area contributed by atoms with E-state index in [-0.39, 0.29) is 35.3 Å². The maximum Gasteiger partial charge on any atom is 0.344 e. The summed E-state index contributed by atoms with van der Waals surface area (Å²) in [5.41, 5.74) is -0.0912. The van der Waals surface area contributed by atoms with E-state index in [1.807, 2.05) is 0 Å². The lowest BCUT2D eigenvalue weighted by Crippen LogP contribution is -2.14. The number of rotatable bonds is 4. The minimum atomic E-state index is -0.710. The van der Waals surface area contributed by atoms with Gasteiger partial charge in [0.2, 0.25) is 5.91 Å². The average molecular weight is 321 g/mol. The maximum atomic E-state index is 12.0. The molecule has 0 spiro atoms. The van der Waals surface area contributed by atoms with Crippen molar-refractivity contribution < 1.29 is 23.8 Å². The van der Waals surface area contributed by atoms with Gasteiger partial charge < -0.3 is 14.3 Å². The van der Waals surface area contributed by atoms with Crippen LogP contribution in [0, 0.1) is 0 Å². The minimum absolute atomic E-state index is 0.0912. The number of esters is 1. The van der Waals surface area contributed by atoms with Crippen LogP contribution in [0.3, 0.4) is 0 Å². The van der Waals surface area contributed by atoms with Crippen LogP contribution in [-0.2, 0) is 14.3 Å². The number of aliphatic hydroxyl groups is 1.